The van der Waals surface area contributed by atoms with Gasteiger partial charge in [0.1, 0.15) is 5.75 Å². The monoisotopic (exact) mass is 368 g/mol. The van der Waals surface area contributed by atoms with E-state index in [9.17, 15) is 9.59 Å². The molecule has 0 aromatic heterocycles. The third-order valence-electron chi connectivity index (χ3n) is 4.09. The lowest BCUT2D eigenvalue weighted by atomic mass is 10.1. The summed E-state index contributed by atoms with van der Waals surface area (Å²) in [7, 11) is 0. The molecule has 0 bridgehead atoms. The molecule has 2 aromatic carbocycles. The number of nitrogens with zero attached hydrogens (tertiary/aromatic N) is 1. The number of rotatable bonds is 10. The van der Waals surface area contributed by atoms with Crippen LogP contribution in [-0.4, -0.2) is 36.4 Å². The summed E-state index contributed by atoms with van der Waals surface area (Å²) in [5.74, 6) is 0.540. The first kappa shape index (κ1) is 20.5. The van der Waals surface area contributed by atoms with E-state index in [0.717, 1.165) is 12.0 Å². The van der Waals surface area contributed by atoms with Gasteiger partial charge in [-0.15, -0.1) is 0 Å². The van der Waals surface area contributed by atoms with Crippen LogP contribution in [0.2, 0.25) is 0 Å². The molecule has 5 heteroatoms. The Kier molecular flexibility index (Phi) is 7.86. The van der Waals surface area contributed by atoms with E-state index in [1.807, 2.05) is 42.5 Å². The topological polar surface area (TPSA) is 72.6 Å². The molecule has 2 amide bonds. The number of benzene rings is 2. The van der Waals surface area contributed by atoms with Gasteiger partial charge in [-0.2, -0.15) is 0 Å². The largest absolute Gasteiger partial charge is 0.493 e. The lowest BCUT2D eigenvalue weighted by Gasteiger charge is -2.23. The Morgan fingerprint density at radius 3 is 2.44 bits per heavy atom. The Hall–Kier alpha value is -2.82. The van der Waals surface area contributed by atoms with Crippen LogP contribution in [0, 0.1) is 5.92 Å². The Morgan fingerprint density at radius 1 is 1.04 bits per heavy atom. The predicted molar refractivity (Wildman–Crippen MR) is 107 cm³/mol. The maximum atomic E-state index is 13.0. The highest BCUT2D eigenvalue weighted by Crippen LogP contribution is 2.16. The molecule has 0 saturated heterocycles. The van der Waals surface area contributed by atoms with Crippen molar-refractivity contribution in [2.45, 2.75) is 26.7 Å². The molecule has 0 spiro atoms. The van der Waals surface area contributed by atoms with Crippen molar-refractivity contribution in [1.82, 2.24) is 4.90 Å². The molecule has 2 N–H and O–H groups in total. The van der Waals surface area contributed by atoms with Gasteiger partial charge in [0, 0.05) is 25.1 Å². The van der Waals surface area contributed by atoms with Gasteiger partial charge in [0.25, 0.3) is 5.91 Å². The Labute approximate surface area is 161 Å². The molecule has 0 aliphatic carbocycles. The van der Waals surface area contributed by atoms with Gasteiger partial charge < -0.3 is 15.4 Å². The van der Waals surface area contributed by atoms with Gasteiger partial charge in [-0.1, -0.05) is 50.2 Å². The molecule has 2 rings (SSSR count). The van der Waals surface area contributed by atoms with Crippen molar-refractivity contribution >= 4 is 11.8 Å². The maximum Gasteiger partial charge on any atom is 0.254 e. The number of carbonyl (C=O) groups is 2. The zero-order valence-corrected chi connectivity index (χ0v) is 16.1. The van der Waals surface area contributed by atoms with Crippen LogP contribution in [0.3, 0.4) is 0 Å². The summed E-state index contributed by atoms with van der Waals surface area (Å²) in [5, 5.41) is 0. The van der Waals surface area contributed by atoms with Crippen LogP contribution in [0.1, 0.15) is 36.2 Å². The molecule has 2 aromatic rings. The third kappa shape index (κ3) is 7.13. The van der Waals surface area contributed by atoms with Gasteiger partial charge in [-0.3, -0.25) is 9.59 Å². The number of carbonyl (C=O) groups excluding carboxylic acids is 2. The van der Waals surface area contributed by atoms with Crippen molar-refractivity contribution < 1.29 is 14.3 Å². The van der Waals surface area contributed by atoms with Gasteiger partial charge in [0.15, 0.2) is 0 Å². The Morgan fingerprint density at radius 2 is 1.78 bits per heavy atom. The summed E-state index contributed by atoms with van der Waals surface area (Å²) in [5.41, 5.74) is 6.97. The highest BCUT2D eigenvalue weighted by Gasteiger charge is 2.17. The lowest BCUT2D eigenvalue weighted by Crippen LogP contribution is -2.35. The fourth-order valence-corrected chi connectivity index (χ4v) is 2.63. The summed E-state index contributed by atoms with van der Waals surface area (Å²) in [4.78, 5) is 25.9. The number of amides is 2. The first-order valence-electron chi connectivity index (χ1n) is 9.30. The molecule has 0 radical (unpaired) electrons. The van der Waals surface area contributed by atoms with Crippen LogP contribution in [0.25, 0.3) is 0 Å². The minimum absolute atomic E-state index is 0.123. The average Bonchev–Trinajstić information content (AvgIpc) is 2.67. The molecule has 0 fully saturated rings. The minimum Gasteiger partial charge on any atom is -0.493 e. The molecule has 0 atom stereocenters. The lowest BCUT2D eigenvalue weighted by molar-refractivity contribution is -0.118. The first-order chi connectivity index (χ1) is 13.0. The number of nitrogens with two attached hydrogens (primary N) is 1. The zero-order valence-electron chi connectivity index (χ0n) is 16.1. The van der Waals surface area contributed by atoms with Crippen LogP contribution >= 0.6 is 0 Å². The van der Waals surface area contributed by atoms with Crippen LogP contribution in [0.15, 0.2) is 54.6 Å². The summed E-state index contributed by atoms with van der Waals surface area (Å²) < 4.78 is 5.72. The molecule has 5 nitrogen and oxygen atoms in total. The summed E-state index contributed by atoms with van der Waals surface area (Å²) in [6.07, 6.45) is 0.860. The standard InChI is InChI=1S/C22H28N2O3/c1-17(2)16-27-20-10-6-9-19(15-20)22(26)24(14-12-21(23)25)13-11-18-7-4-3-5-8-18/h3-10,15,17H,11-14,16H2,1-2H3,(H2,23,25). The van der Waals surface area contributed by atoms with E-state index < -0.39 is 5.91 Å². The van der Waals surface area contributed by atoms with Crippen molar-refractivity contribution in [1.29, 1.82) is 0 Å². The fraction of sp³-hybridized carbons (Fsp3) is 0.364. The molecule has 0 aliphatic heterocycles. The number of primary amides is 1. The third-order valence-corrected chi connectivity index (χ3v) is 4.09. The maximum absolute atomic E-state index is 13.0. The van der Waals surface area contributed by atoms with Crippen LogP contribution in [0.4, 0.5) is 0 Å². The van der Waals surface area contributed by atoms with Gasteiger partial charge in [0.05, 0.1) is 6.61 Å². The quantitative estimate of drug-likeness (QED) is 0.699. The fourth-order valence-electron chi connectivity index (χ4n) is 2.63. The van der Waals surface area contributed by atoms with E-state index in [-0.39, 0.29) is 12.3 Å². The minimum atomic E-state index is -0.415. The van der Waals surface area contributed by atoms with E-state index in [0.29, 0.717) is 36.9 Å². The first-order valence-corrected chi connectivity index (χ1v) is 9.30. The van der Waals surface area contributed by atoms with E-state index in [1.165, 1.54) is 0 Å². The van der Waals surface area contributed by atoms with Crippen molar-refractivity contribution in [3.63, 3.8) is 0 Å². The van der Waals surface area contributed by atoms with Crippen molar-refractivity contribution in [2.24, 2.45) is 11.7 Å². The van der Waals surface area contributed by atoms with Crippen LogP contribution < -0.4 is 10.5 Å². The normalized spacial score (nSPS) is 10.6. The van der Waals surface area contributed by atoms with Gasteiger partial charge in [0.2, 0.25) is 5.91 Å². The predicted octanol–water partition coefficient (Wildman–Crippen LogP) is 3.28. The SMILES string of the molecule is CC(C)COc1cccc(C(=O)N(CCC(N)=O)CCc2ccccc2)c1. The summed E-state index contributed by atoms with van der Waals surface area (Å²) in [6.45, 7) is 5.57. The van der Waals surface area contributed by atoms with Crippen LogP contribution in [0.5, 0.6) is 5.75 Å². The molecule has 0 heterocycles. The second-order valence-electron chi connectivity index (χ2n) is 6.98. The molecule has 0 unspecified atom stereocenters. The van der Waals surface area contributed by atoms with Gasteiger partial charge in [-0.05, 0) is 36.1 Å². The van der Waals surface area contributed by atoms with E-state index in [2.05, 4.69) is 13.8 Å². The second kappa shape index (κ2) is 10.4. The summed E-state index contributed by atoms with van der Waals surface area (Å²) >= 11 is 0. The molecule has 144 valence electrons. The zero-order chi connectivity index (χ0) is 19.6. The van der Waals surface area contributed by atoms with Crippen molar-refractivity contribution in [3.05, 3.63) is 65.7 Å². The molecular weight excluding hydrogens is 340 g/mol. The van der Waals surface area contributed by atoms with Gasteiger partial charge >= 0.3 is 0 Å². The number of hydrogen-bond donors (Lipinski definition) is 1. The summed E-state index contributed by atoms with van der Waals surface area (Å²) in [6, 6.07) is 17.1. The smallest absolute Gasteiger partial charge is 0.254 e. The Balaban J connectivity index is 2.09. The number of hydrogen-bond acceptors (Lipinski definition) is 3. The molecule has 0 aliphatic rings. The second-order valence-corrected chi connectivity index (χ2v) is 6.98. The molecular formula is C22H28N2O3. The molecule has 27 heavy (non-hydrogen) atoms. The number of ether oxygens (including phenoxy) is 1. The highest BCUT2D eigenvalue weighted by atomic mass is 16.5. The van der Waals surface area contributed by atoms with Crippen molar-refractivity contribution in [3.8, 4) is 5.75 Å². The average molecular weight is 368 g/mol. The molecule has 0 saturated carbocycles. The van der Waals surface area contributed by atoms with E-state index in [1.54, 1.807) is 17.0 Å². The van der Waals surface area contributed by atoms with Gasteiger partial charge in [-0.25, -0.2) is 0 Å². The van der Waals surface area contributed by atoms with E-state index in [4.69, 9.17) is 10.5 Å². The van der Waals surface area contributed by atoms with Crippen LogP contribution in [-0.2, 0) is 11.2 Å². The highest BCUT2D eigenvalue weighted by molar-refractivity contribution is 5.94. The van der Waals surface area contributed by atoms with E-state index >= 15 is 0 Å². The van der Waals surface area contributed by atoms with Crippen molar-refractivity contribution in [2.75, 3.05) is 19.7 Å². The Bertz CT molecular complexity index is 744.